The predicted molar refractivity (Wildman–Crippen MR) is 106 cm³/mol. The van der Waals surface area contributed by atoms with Crippen LogP contribution in [-0.4, -0.2) is 37.6 Å². The lowest BCUT2D eigenvalue weighted by Crippen LogP contribution is -2.50. The molecule has 3 rings (SSSR count). The summed E-state index contributed by atoms with van der Waals surface area (Å²) in [6.45, 7) is 2.67. The van der Waals surface area contributed by atoms with Crippen LogP contribution in [0.3, 0.4) is 0 Å². The van der Waals surface area contributed by atoms with Gasteiger partial charge in [0.25, 0.3) is 5.91 Å². The summed E-state index contributed by atoms with van der Waals surface area (Å²) in [5.74, 6) is -0.730. The second-order valence-electron chi connectivity index (χ2n) is 6.42. The van der Waals surface area contributed by atoms with Crippen LogP contribution in [0.4, 0.5) is 15.8 Å². The highest BCUT2D eigenvalue weighted by Crippen LogP contribution is 2.33. The van der Waals surface area contributed by atoms with E-state index in [0.29, 0.717) is 18.0 Å². The predicted octanol–water partition coefficient (Wildman–Crippen LogP) is 3.21. The Balaban J connectivity index is 1.73. The summed E-state index contributed by atoms with van der Waals surface area (Å²) in [6.07, 6.45) is 0.0786. The number of halogens is 2. The number of hydrogen-bond acceptors (Lipinski definition) is 4. The van der Waals surface area contributed by atoms with Crippen molar-refractivity contribution in [2.45, 2.75) is 19.4 Å². The number of fused-ring (bicyclic) bond motifs is 1. The first-order valence-corrected chi connectivity index (χ1v) is 9.39. The van der Waals surface area contributed by atoms with E-state index in [2.05, 4.69) is 10.6 Å². The van der Waals surface area contributed by atoms with E-state index in [1.54, 1.807) is 17.0 Å². The number of hydrogen-bond donors (Lipinski definition) is 2. The fourth-order valence-corrected chi connectivity index (χ4v) is 3.07. The monoisotopic (exact) mass is 405 g/mol. The maximum atomic E-state index is 13.9. The summed E-state index contributed by atoms with van der Waals surface area (Å²) >= 11 is 5.73. The molecule has 2 amide bonds. The molecule has 1 aliphatic rings. The second kappa shape index (κ2) is 8.93. The van der Waals surface area contributed by atoms with Crippen molar-refractivity contribution in [2.24, 2.45) is 0 Å². The summed E-state index contributed by atoms with van der Waals surface area (Å²) < 4.78 is 19.7. The molecular formula is C20H21ClFN3O3. The summed E-state index contributed by atoms with van der Waals surface area (Å²) in [7, 11) is 0. The molecule has 0 bridgehead atoms. The molecule has 0 fully saturated rings. The summed E-state index contributed by atoms with van der Waals surface area (Å²) in [6, 6.07) is 11.2. The van der Waals surface area contributed by atoms with Crippen molar-refractivity contribution in [1.29, 1.82) is 0 Å². The topological polar surface area (TPSA) is 70.7 Å². The quantitative estimate of drug-likeness (QED) is 0.774. The zero-order chi connectivity index (χ0) is 20.1. The van der Waals surface area contributed by atoms with Crippen molar-refractivity contribution in [3.8, 4) is 5.75 Å². The standard InChI is InChI=1S/C20H21ClFN3O3/c1-2-9-23-20(27)18-11-25(16-5-3-4-6-17(16)28-18)12-19(26)24-15-8-7-13(21)10-14(15)22/h3-8,10,18H,2,9,11-12H2,1H3,(H,23,27)(H,24,26)/t18-/m1/s1. The van der Waals surface area contributed by atoms with Gasteiger partial charge in [0.15, 0.2) is 6.10 Å². The van der Waals surface area contributed by atoms with Crippen LogP contribution in [0.1, 0.15) is 13.3 Å². The normalized spacial score (nSPS) is 15.4. The zero-order valence-corrected chi connectivity index (χ0v) is 16.1. The van der Waals surface area contributed by atoms with Crippen LogP contribution in [0.2, 0.25) is 5.02 Å². The molecule has 8 heteroatoms. The van der Waals surface area contributed by atoms with Crippen LogP contribution in [0.25, 0.3) is 0 Å². The molecule has 0 aromatic heterocycles. The van der Waals surface area contributed by atoms with Gasteiger partial charge in [0.2, 0.25) is 5.91 Å². The van der Waals surface area contributed by atoms with Gasteiger partial charge in [-0.2, -0.15) is 0 Å². The molecule has 1 aliphatic heterocycles. The van der Waals surface area contributed by atoms with Crippen molar-refractivity contribution in [1.82, 2.24) is 5.32 Å². The van der Waals surface area contributed by atoms with Gasteiger partial charge >= 0.3 is 0 Å². The van der Waals surface area contributed by atoms with Gasteiger partial charge in [0.1, 0.15) is 11.6 Å². The number of rotatable bonds is 6. The van der Waals surface area contributed by atoms with Crippen molar-refractivity contribution < 1.29 is 18.7 Å². The maximum absolute atomic E-state index is 13.9. The van der Waals surface area contributed by atoms with Crippen molar-refractivity contribution in [3.05, 3.63) is 53.3 Å². The van der Waals surface area contributed by atoms with E-state index < -0.39 is 17.8 Å². The molecular weight excluding hydrogens is 385 g/mol. The molecule has 2 N–H and O–H groups in total. The smallest absolute Gasteiger partial charge is 0.262 e. The number of nitrogens with one attached hydrogen (secondary N) is 2. The number of nitrogens with zero attached hydrogens (tertiary/aromatic N) is 1. The first-order valence-electron chi connectivity index (χ1n) is 9.01. The first-order chi connectivity index (χ1) is 13.5. The summed E-state index contributed by atoms with van der Waals surface area (Å²) in [5, 5.41) is 5.59. The molecule has 0 spiro atoms. The molecule has 2 aromatic carbocycles. The Kier molecular flexibility index (Phi) is 6.36. The highest BCUT2D eigenvalue weighted by Gasteiger charge is 2.31. The molecule has 0 radical (unpaired) electrons. The third kappa shape index (κ3) is 4.72. The van der Waals surface area contributed by atoms with E-state index in [1.165, 1.54) is 12.1 Å². The largest absolute Gasteiger partial charge is 0.477 e. The zero-order valence-electron chi connectivity index (χ0n) is 15.4. The lowest BCUT2D eigenvalue weighted by atomic mass is 10.1. The minimum Gasteiger partial charge on any atom is -0.477 e. The highest BCUT2D eigenvalue weighted by molar-refractivity contribution is 6.30. The highest BCUT2D eigenvalue weighted by atomic mass is 35.5. The Labute approximate surface area is 167 Å². The van der Waals surface area contributed by atoms with Gasteiger partial charge in [0.05, 0.1) is 24.5 Å². The molecule has 0 aliphatic carbocycles. The Morgan fingerprint density at radius 2 is 2.07 bits per heavy atom. The van der Waals surface area contributed by atoms with Crippen molar-refractivity contribution in [2.75, 3.05) is 29.9 Å². The van der Waals surface area contributed by atoms with Gasteiger partial charge in [-0.05, 0) is 36.8 Å². The fourth-order valence-electron chi connectivity index (χ4n) is 2.91. The number of carbonyl (C=O) groups excluding carboxylic acids is 2. The Hall–Kier alpha value is -2.80. The number of ether oxygens (including phenoxy) is 1. The van der Waals surface area contributed by atoms with Gasteiger partial charge in [-0.3, -0.25) is 9.59 Å². The minimum absolute atomic E-state index is 0.0492. The Morgan fingerprint density at radius 3 is 2.82 bits per heavy atom. The number of anilines is 2. The summed E-state index contributed by atoms with van der Waals surface area (Å²) in [5.41, 5.74) is 0.752. The molecule has 2 aromatic rings. The van der Waals surface area contributed by atoms with Gasteiger partial charge in [-0.15, -0.1) is 0 Å². The number of para-hydroxylation sites is 2. The van der Waals surface area contributed by atoms with E-state index in [0.717, 1.165) is 12.5 Å². The minimum atomic E-state index is -0.735. The fraction of sp³-hybridized carbons (Fsp3) is 0.300. The van der Waals surface area contributed by atoms with E-state index >= 15 is 0 Å². The van der Waals surface area contributed by atoms with Crippen LogP contribution in [0.15, 0.2) is 42.5 Å². The maximum Gasteiger partial charge on any atom is 0.262 e. The van der Waals surface area contributed by atoms with Gasteiger partial charge < -0.3 is 20.3 Å². The summed E-state index contributed by atoms with van der Waals surface area (Å²) in [4.78, 5) is 26.6. The van der Waals surface area contributed by atoms with Crippen molar-refractivity contribution in [3.63, 3.8) is 0 Å². The van der Waals surface area contributed by atoms with Gasteiger partial charge in [-0.25, -0.2) is 4.39 Å². The average molecular weight is 406 g/mol. The van der Waals surface area contributed by atoms with E-state index in [9.17, 15) is 14.0 Å². The number of benzene rings is 2. The molecule has 1 heterocycles. The van der Waals surface area contributed by atoms with Crippen molar-refractivity contribution >= 4 is 34.8 Å². The van der Waals surface area contributed by atoms with Crippen LogP contribution in [0, 0.1) is 5.82 Å². The molecule has 0 unspecified atom stereocenters. The van der Waals surface area contributed by atoms with Crippen LogP contribution in [0.5, 0.6) is 5.75 Å². The molecule has 28 heavy (non-hydrogen) atoms. The van der Waals surface area contributed by atoms with Crippen LogP contribution in [-0.2, 0) is 9.59 Å². The molecule has 1 atom stereocenters. The Morgan fingerprint density at radius 1 is 1.29 bits per heavy atom. The average Bonchev–Trinajstić information content (AvgIpc) is 2.68. The number of carbonyl (C=O) groups is 2. The van der Waals surface area contributed by atoms with Gasteiger partial charge in [0, 0.05) is 11.6 Å². The SMILES string of the molecule is CCCNC(=O)[C@H]1CN(CC(=O)Nc2ccc(Cl)cc2F)c2ccccc2O1. The first kappa shape index (κ1) is 19.9. The molecule has 148 valence electrons. The van der Waals surface area contributed by atoms with Crippen LogP contribution < -0.4 is 20.3 Å². The second-order valence-corrected chi connectivity index (χ2v) is 6.85. The Bertz CT molecular complexity index is 878. The molecule has 6 nitrogen and oxygen atoms in total. The number of amides is 2. The lowest BCUT2D eigenvalue weighted by Gasteiger charge is -2.35. The van der Waals surface area contributed by atoms with E-state index in [-0.39, 0.29) is 29.7 Å². The third-order valence-corrected chi connectivity index (χ3v) is 4.48. The van der Waals surface area contributed by atoms with E-state index in [1.807, 2.05) is 19.1 Å². The molecule has 0 saturated carbocycles. The lowest BCUT2D eigenvalue weighted by molar-refractivity contribution is -0.128. The van der Waals surface area contributed by atoms with Crippen LogP contribution >= 0.6 is 11.6 Å². The third-order valence-electron chi connectivity index (χ3n) is 4.24. The van der Waals surface area contributed by atoms with E-state index in [4.69, 9.17) is 16.3 Å². The van der Waals surface area contributed by atoms with Gasteiger partial charge in [-0.1, -0.05) is 30.7 Å². The molecule has 0 saturated heterocycles.